The summed E-state index contributed by atoms with van der Waals surface area (Å²) < 4.78 is 0. The van der Waals surface area contributed by atoms with E-state index in [0.29, 0.717) is 24.4 Å². The Bertz CT molecular complexity index is 659. The van der Waals surface area contributed by atoms with Crippen LogP contribution in [0.25, 0.3) is 0 Å². The van der Waals surface area contributed by atoms with Crippen molar-refractivity contribution in [3.05, 3.63) is 70.7 Å². The minimum absolute atomic E-state index is 0.0297. The van der Waals surface area contributed by atoms with E-state index in [1.807, 2.05) is 48.5 Å². The molecule has 23 heavy (non-hydrogen) atoms. The lowest BCUT2D eigenvalue weighted by Gasteiger charge is -2.08. The molecule has 0 radical (unpaired) electrons. The number of aryl methyl sites for hydroxylation is 1. The zero-order valence-corrected chi connectivity index (χ0v) is 13.5. The number of hydrogen-bond donors (Lipinski definition) is 2. The first-order valence-corrected chi connectivity index (χ1v) is 7.83. The smallest absolute Gasteiger partial charge is 0.239 e. The molecule has 2 aromatic carbocycles. The van der Waals surface area contributed by atoms with Crippen LogP contribution < -0.4 is 10.6 Å². The maximum absolute atomic E-state index is 11.7. The summed E-state index contributed by atoms with van der Waals surface area (Å²) >= 11 is 6.01. The zero-order chi connectivity index (χ0) is 16.5. The van der Waals surface area contributed by atoms with Crippen molar-refractivity contribution in [1.82, 2.24) is 10.6 Å². The Hall–Kier alpha value is -2.33. The highest BCUT2D eigenvalue weighted by atomic mass is 35.5. The lowest BCUT2D eigenvalue weighted by molar-refractivity contribution is -0.126. The number of nitrogens with one attached hydrogen (secondary N) is 2. The van der Waals surface area contributed by atoms with Crippen molar-refractivity contribution < 1.29 is 9.59 Å². The van der Waals surface area contributed by atoms with Gasteiger partial charge in [0, 0.05) is 18.0 Å². The van der Waals surface area contributed by atoms with Crippen LogP contribution in [0.5, 0.6) is 0 Å². The van der Waals surface area contributed by atoms with Gasteiger partial charge in [0.25, 0.3) is 0 Å². The van der Waals surface area contributed by atoms with Crippen LogP contribution in [0.4, 0.5) is 0 Å². The molecule has 0 aliphatic carbocycles. The van der Waals surface area contributed by atoms with Crippen molar-refractivity contribution in [2.45, 2.75) is 19.4 Å². The van der Waals surface area contributed by atoms with Gasteiger partial charge < -0.3 is 10.6 Å². The topological polar surface area (TPSA) is 58.2 Å². The van der Waals surface area contributed by atoms with E-state index in [9.17, 15) is 9.59 Å². The first kappa shape index (κ1) is 17.0. The average molecular weight is 331 g/mol. The Morgan fingerprint density at radius 3 is 2.30 bits per heavy atom. The molecule has 0 unspecified atom stereocenters. The van der Waals surface area contributed by atoms with E-state index in [1.54, 1.807) is 6.07 Å². The summed E-state index contributed by atoms with van der Waals surface area (Å²) in [6.45, 7) is 0.316. The van der Waals surface area contributed by atoms with Crippen LogP contribution >= 0.6 is 11.6 Å². The van der Waals surface area contributed by atoms with Crippen LogP contribution in [0.1, 0.15) is 17.5 Å². The van der Waals surface area contributed by atoms with Gasteiger partial charge in [0.2, 0.25) is 11.8 Å². The Labute approximate surface area is 140 Å². The second-order valence-electron chi connectivity index (χ2n) is 5.13. The van der Waals surface area contributed by atoms with Crippen LogP contribution in [-0.4, -0.2) is 18.4 Å². The van der Waals surface area contributed by atoms with E-state index in [4.69, 9.17) is 11.6 Å². The fourth-order valence-electron chi connectivity index (χ4n) is 2.07. The molecule has 0 saturated carbocycles. The standard InChI is InChI=1S/C18H19ClN2O2/c19-16-9-5-4-8-15(16)12-20-18(23)13-21-17(22)11-10-14-6-2-1-3-7-14/h1-9H,10-13H2,(H,20,23)(H,21,22). The van der Waals surface area contributed by atoms with Crippen LogP contribution in [0.3, 0.4) is 0 Å². The minimum Gasteiger partial charge on any atom is -0.350 e. The molecule has 0 aliphatic heterocycles. The molecule has 4 nitrogen and oxygen atoms in total. The zero-order valence-electron chi connectivity index (χ0n) is 12.7. The highest BCUT2D eigenvalue weighted by Crippen LogP contribution is 2.14. The maximum Gasteiger partial charge on any atom is 0.239 e. The molecule has 2 rings (SSSR count). The third-order valence-corrected chi connectivity index (χ3v) is 3.73. The third-order valence-electron chi connectivity index (χ3n) is 3.36. The van der Waals surface area contributed by atoms with E-state index in [-0.39, 0.29) is 18.4 Å². The molecule has 0 saturated heterocycles. The second kappa shape index (κ2) is 8.96. The van der Waals surface area contributed by atoms with Crippen molar-refractivity contribution in [2.24, 2.45) is 0 Å². The molecule has 0 fully saturated rings. The third kappa shape index (κ3) is 6.12. The maximum atomic E-state index is 11.7. The number of benzene rings is 2. The second-order valence-corrected chi connectivity index (χ2v) is 5.54. The molecule has 0 spiro atoms. The predicted molar refractivity (Wildman–Crippen MR) is 91.1 cm³/mol. The molecule has 0 bridgehead atoms. The normalized spacial score (nSPS) is 10.1. The molecule has 120 valence electrons. The Balaban J connectivity index is 1.66. The van der Waals surface area contributed by atoms with E-state index in [1.165, 1.54) is 0 Å². The number of rotatable bonds is 7. The first-order chi connectivity index (χ1) is 11.1. The van der Waals surface area contributed by atoms with Gasteiger partial charge in [0.15, 0.2) is 0 Å². The summed E-state index contributed by atoms with van der Waals surface area (Å²) in [5.74, 6) is -0.375. The quantitative estimate of drug-likeness (QED) is 0.820. The van der Waals surface area contributed by atoms with Gasteiger partial charge in [-0.2, -0.15) is 0 Å². The van der Waals surface area contributed by atoms with Crippen LogP contribution in [0.2, 0.25) is 5.02 Å². The van der Waals surface area contributed by atoms with Crippen molar-refractivity contribution in [2.75, 3.05) is 6.54 Å². The fraction of sp³-hybridized carbons (Fsp3) is 0.222. The molecule has 0 aliphatic rings. The van der Waals surface area contributed by atoms with Crippen molar-refractivity contribution in [3.8, 4) is 0 Å². The number of carbonyl (C=O) groups is 2. The average Bonchev–Trinajstić information content (AvgIpc) is 2.58. The summed E-state index contributed by atoms with van der Waals surface area (Å²) in [7, 11) is 0. The number of amides is 2. The highest BCUT2D eigenvalue weighted by molar-refractivity contribution is 6.31. The molecule has 2 amide bonds. The van der Waals surface area contributed by atoms with Gasteiger partial charge >= 0.3 is 0 Å². The van der Waals surface area contributed by atoms with Crippen LogP contribution in [0.15, 0.2) is 54.6 Å². The highest BCUT2D eigenvalue weighted by Gasteiger charge is 2.06. The summed E-state index contributed by atoms with van der Waals surface area (Å²) in [4.78, 5) is 23.5. The summed E-state index contributed by atoms with van der Waals surface area (Å²) in [5.41, 5.74) is 1.95. The largest absolute Gasteiger partial charge is 0.350 e. The van der Waals surface area contributed by atoms with Crippen LogP contribution in [-0.2, 0) is 22.6 Å². The van der Waals surface area contributed by atoms with Crippen LogP contribution in [0, 0.1) is 0 Å². The molecular weight excluding hydrogens is 312 g/mol. The van der Waals surface area contributed by atoms with E-state index in [0.717, 1.165) is 11.1 Å². The predicted octanol–water partition coefficient (Wildman–Crippen LogP) is 2.71. The Morgan fingerprint density at radius 1 is 0.870 bits per heavy atom. The number of halogens is 1. The summed E-state index contributed by atoms with van der Waals surface area (Å²) in [5, 5.41) is 5.96. The molecule has 2 N–H and O–H groups in total. The van der Waals surface area contributed by atoms with Crippen molar-refractivity contribution in [3.63, 3.8) is 0 Å². The van der Waals surface area contributed by atoms with E-state index < -0.39 is 0 Å². The van der Waals surface area contributed by atoms with Crippen molar-refractivity contribution >= 4 is 23.4 Å². The van der Waals surface area contributed by atoms with Gasteiger partial charge in [-0.3, -0.25) is 9.59 Å². The summed E-state index contributed by atoms with van der Waals surface area (Å²) in [6, 6.07) is 17.1. The SMILES string of the molecule is O=C(CCc1ccccc1)NCC(=O)NCc1ccccc1Cl. The minimum atomic E-state index is -0.238. The van der Waals surface area contributed by atoms with Gasteiger partial charge in [-0.15, -0.1) is 0 Å². The van der Waals surface area contributed by atoms with Gasteiger partial charge in [0.05, 0.1) is 6.54 Å². The van der Waals surface area contributed by atoms with E-state index in [2.05, 4.69) is 10.6 Å². The molecule has 5 heteroatoms. The summed E-state index contributed by atoms with van der Waals surface area (Å²) in [6.07, 6.45) is 1.02. The lowest BCUT2D eigenvalue weighted by Crippen LogP contribution is -2.36. The Kier molecular flexibility index (Phi) is 6.63. The van der Waals surface area contributed by atoms with Crippen molar-refractivity contribution in [1.29, 1.82) is 0 Å². The van der Waals surface area contributed by atoms with Gasteiger partial charge in [-0.1, -0.05) is 60.1 Å². The molecule has 0 heterocycles. The van der Waals surface area contributed by atoms with Gasteiger partial charge in [0.1, 0.15) is 0 Å². The Morgan fingerprint density at radius 2 is 1.57 bits per heavy atom. The number of carbonyl (C=O) groups excluding carboxylic acids is 2. The monoisotopic (exact) mass is 330 g/mol. The molecule has 0 atom stereocenters. The molecular formula is C18H19ClN2O2. The van der Waals surface area contributed by atoms with Gasteiger partial charge in [-0.05, 0) is 23.6 Å². The lowest BCUT2D eigenvalue weighted by atomic mass is 10.1. The van der Waals surface area contributed by atoms with E-state index >= 15 is 0 Å². The fourth-order valence-corrected chi connectivity index (χ4v) is 2.27. The first-order valence-electron chi connectivity index (χ1n) is 7.46. The van der Waals surface area contributed by atoms with Gasteiger partial charge in [-0.25, -0.2) is 0 Å². The molecule has 2 aromatic rings. The number of hydrogen-bond acceptors (Lipinski definition) is 2. The molecule has 0 aromatic heterocycles.